The molecule has 6 heteroatoms. The lowest BCUT2D eigenvalue weighted by Gasteiger charge is -2.11. The Morgan fingerprint density at radius 1 is 1.19 bits per heavy atom. The van der Waals surface area contributed by atoms with Crippen LogP contribution < -0.4 is 20.5 Å². The maximum atomic E-state index is 5.57. The Morgan fingerprint density at radius 2 is 1.95 bits per heavy atom. The largest absolute Gasteiger partial charge is 0.493 e. The molecule has 1 aromatic carbocycles. The van der Waals surface area contributed by atoms with Crippen LogP contribution in [0.25, 0.3) is 0 Å². The van der Waals surface area contributed by atoms with Gasteiger partial charge in [-0.25, -0.2) is 4.98 Å². The fraction of sp³-hybridized carbons (Fsp3) is 0.200. The van der Waals surface area contributed by atoms with E-state index in [1.807, 2.05) is 30.3 Å². The molecule has 0 radical (unpaired) electrons. The third kappa shape index (κ3) is 3.82. The summed E-state index contributed by atoms with van der Waals surface area (Å²) in [5, 5.41) is 3.22. The molecular weight excluding hydrogens is 286 g/mol. The van der Waals surface area contributed by atoms with Gasteiger partial charge in [0.05, 0.1) is 19.9 Å². The number of aromatic nitrogens is 1. The molecule has 3 N–H and O–H groups in total. The maximum Gasteiger partial charge on any atom is 0.161 e. The van der Waals surface area contributed by atoms with E-state index in [2.05, 4.69) is 10.3 Å². The van der Waals surface area contributed by atoms with Gasteiger partial charge in [-0.1, -0.05) is 24.4 Å². The van der Waals surface area contributed by atoms with Gasteiger partial charge in [-0.3, -0.25) is 0 Å². The molecule has 5 nitrogen and oxygen atoms in total. The van der Waals surface area contributed by atoms with Crippen molar-refractivity contribution in [1.29, 1.82) is 0 Å². The van der Waals surface area contributed by atoms with Crippen molar-refractivity contribution >= 4 is 23.0 Å². The zero-order valence-electron chi connectivity index (χ0n) is 11.9. The van der Waals surface area contributed by atoms with Gasteiger partial charge < -0.3 is 20.5 Å². The van der Waals surface area contributed by atoms with Gasteiger partial charge in [0.2, 0.25) is 0 Å². The highest BCUT2D eigenvalue weighted by Gasteiger charge is 2.05. The molecule has 0 amide bonds. The first kappa shape index (κ1) is 15.1. The fourth-order valence-electron chi connectivity index (χ4n) is 1.85. The zero-order valence-corrected chi connectivity index (χ0v) is 12.7. The molecule has 1 aromatic heterocycles. The molecule has 0 fully saturated rings. The minimum Gasteiger partial charge on any atom is -0.493 e. The number of nitrogens with zero attached hydrogens (tertiary/aromatic N) is 1. The van der Waals surface area contributed by atoms with Crippen LogP contribution in [0.1, 0.15) is 11.3 Å². The second kappa shape index (κ2) is 6.90. The third-order valence-electron chi connectivity index (χ3n) is 2.92. The Kier molecular flexibility index (Phi) is 4.94. The second-order valence-corrected chi connectivity index (χ2v) is 4.76. The Balaban J connectivity index is 2.09. The molecule has 0 atom stereocenters. The van der Waals surface area contributed by atoms with Crippen molar-refractivity contribution in [2.24, 2.45) is 5.73 Å². The average Bonchev–Trinajstić information content (AvgIpc) is 2.52. The van der Waals surface area contributed by atoms with E-state index in [1.54, 1.807) is 20.3 Å². The quantitative estimate of drug-likeness (QED) is 0.798. The Bertz CT molecular complexity index is 647. The van der Waals surface area contributed by atoms with Crippen molar-refractivity contribution in [3.63, 3.8) is 0 Å². The smallest absolute Gasteiger partial charge is 0.161 e. The number of nitrogens with two attached hydrogens (primary N) is 1. The summed E-state index contributed by atoms with van der Waals surface area (Å²) >= 11 is 4.92. The lowest BCUT2D eigenvalue weighted by atomic mass is 10.2. The van der Waals surface area contributed by atoms with E-state index in [0.717, 1.165) is 11.4 Å². The highest BCUT2D eigenvalue weighted by molar-refractivity contribution is 7.80. The van der Waals surface area contributed by atoms with E-state index in [0.29, 0.717) is 23.7 Å². The normalized spacial score (nSPS) is 10.0. The zero-order chi connectivity index (χ0) is 15.2. The summed E-state index contributed by atoms with van der Waals surface area (Å²) in [6.45, 7) is 0.605. The third-order valence-corrected chi connectivity index (χ3v) is 3.13. The number of thiocarbonyl (C=S) groups is 1. The average molecular weight is 303 g/mol. The predicted octanol–water partition coefficient (Wildman–Crippen LogP) is 2.35. The lowest BCUT2D eigenvalue weighted by molar-refractivity contribution is 0.354. The van der Waals surface area contributed by atoms with Gasteiger partial charge in [0.15, 0.2) is 11.5 Å². The van der Waals surface area contributed by atoms with Crippen molar-refractivity contribution in [3.05, 3.63) is 47.7 Å². The SMILES string of the molecule is COc1ccc(CNc2cccc(C(N)=S)n2)cc1OC. The molecule has 0 aliphatic heterocycles. The van der Waals surface area contributed by atoms with Gasteiger partial charge in [0.25, 0.3) is 0 Å². The Hall–Kier alpha value is -2.34. The van der Waals surface area contributed by atoms with Crippen LogP contribution in [0.2, 0.25) is 0 Å². The highest BCUT2D eigenvalue weighted by Crippen LogP contribution is 2.27. The number of methoxy groups -OCH3 is 2. The standard InChI is InChI=1S/C15H17N3O2S/c1-19-12-7-6-10(8-13(12)20-2)9-17-14-5-3-4-11(18-14)15(16)21/h3-8H,9H2,1-2H3,(H2,16,21)(H,17,18). The van der Waals surface area contributed by atoms with Crippen LogP contribution >= 0.6 is 12.2 Å². The molecule has 1 heterocycles. The lowest BCUT2D eigenvalue weighted by Crippen LogP contribution is -2.12. The van der Waals surface area contributed by atoms with E-state index in [1.165, 1.54) is 0 Å². The van der Waals surface area contributed by atoms with Crippen molar-refractivity contribution in [2.75, 3.05) is 19.5 Å². The molecule has 0 saturated heterocycles. The molecule has 0 bridgehead atoms. The first-order valence-electron chi connectivity index (χ1n) is 6.35. The number of benzene rings is 1. The van der Waals surface area contributed by atoms with E-state index < -0.39 is 0 Å². The van der Waals surface area contributed by atoms with E-state index >= 15 is 0 Å². The van der Waals surface area contributed by atoms with Crippen molar-refractivity contribution < 1.29 is 9.47 Å². The van der Waals surface area contributed by atoms with Crippen LogP contribution in [0.5, 0.6) is 11.5 Å². The molecule has 110 valence electrons. The number of hydrogen-bond acceptors (Lipinski definition) is 5. The number of rotatable bonds is 6. The van der Waals surface area contributed by atoms with Crippen LogP contribution in [0.15, 0.2) is 36.4 Å². The first-order valence-corrected chi connectivity index (χ1v) is 6.76. The van der Waals surface area contributed by atoms with Gasteiger partial charge in [-0.15, -0.1) is 0 Å². The second-order valence-electron chi connectivity index (χ2n) is 4.32. The molecule has 0 spiro atoms. The van der Waals surface area contributed by atoms with E-state index in [4.69, 9.17) is 27.4 Å². The van der Waals surface area contributed by atoms with Crippen LogP contribution in [-0.4, -0.2) is 24.2 Å². The molecule has 2 aromatic rings. The molecule has 0 unspecified atom stereocenters. The predicted molar refractivity (Wildman–Crippen MR) is 87.0 cm³/mol. The van der Waals surface area contributed by atoms with E-state index in [9.17, 15) is 0 Å². The van der Waals surface area contributed by atoms with Gasteiger partial charge in [0.1, 0.15) is 10.8 Å². The summed E-state index contributed by atoms with van der Waals surface area (Å²) in [4.78, 5) is 4.61. The Morgan fingerprint density at radius 3 is 2.62 bits per heavy atom. The minimum absolute atomic E-state index is 0.282. The highest BCUT2D eigenvalue weighted by atomic mass is 32.1. The van der Waals surface area contributed by atoms with Gasteiger partial charge in [-0.05, 0) is 29.8 Å². The number of ether oxygens (including phenoxy) is 2. The maximum absolute atomic E-state index is 5.57. The summed E-state index contributed by atoms with van der Waals surface area (Å²) in [7, 11) is 3.23. The molecule has 21 heavy (non-hydrogen) atoms. The summed E-state index contributed by atoms with van der Waals surface area (Å²) in [5.74, 6) is 2.12. The number of pyridine rings is 1. The summed E-state index contributed by atoms with van der Waals surface area (Å²) in [5.41, 5.74) is 7.22. The van der Waals surface area contributed by atoms with Gasteiger partial charge in [0, 0.05) is 6.54 Å². The summed E-state index contributed by atoms with van der Waals surface area (Å²) in [6, 6.07) is 11.3. The molecule has 2 rings (SSSR count). The molecule has 0 aliphatic carbocycles. The van der Waals surface area contributed by atoms with Crippen molar-refractivity contribution in [1.82, 2.24) is 4.98 Å². The van der Waals surface area contributed by atoms with Crippen LogP contribution in [0, 0.1) is 0 Å². The van der Waals surface area contributed by atoms with Crippen LogP contribution in [0.3, 0.4) is 0 Å². The van der Waals surface area contributed by atoms with Crippen molar-refractivity contribution in [2.45, 2.75) is 6.54 Å². The number of hydrogen-bond donors (Lipinski definition) is 2. The van der Waals surface area contributed by atoms with Gasteiger partial charge in [-0.2, -0.15) is 0 Å². The first-order chi connectivity index (χ1) is 10.1. The minimum atomic E-state index is 0.282. The van der Waals surface area contributed by atoms with Gasteiger partial charge >= 0.3 is 0 Å². The summed E-state index contributed by atoms with van der Waals surface area (Å²) < 4.78 is 10.5. The van der Waals surface area contributed by atoms with E-state index in [-0.39, 0.29) is 4.99 Å². The number of anilines is 1. The summed E-state index contributed by atoms with van der Waals surface area (Å²) in [6.07, 6.45) is 0. The monoisotopic (exact) mass is 303 g/mol. The molecular formula is C15H17N3O2S. The molecule has 0 saturated carbocycles. The fourth-order valence-corrected chi connectivity index (χ4v) is 1.97. The van der Waals surface area contributed by atoms with Crippen molar-refractivity contribution in [3.8, 4) is 11.5 Å². The molecule has 0 aliphatic rings. The van der Waals surface area contributed by atoms with Crippen LogP contribution in [-0.2, 0) is 6.54 Å². The van der Waals surface area contributed by atoms with Crippen LogP contribution in [0.4, 0.5) is 5.82 Å². The topological polar surface area (TPSA) is 69.4 Å². The Labute approximate surface area is 129 Å². The number of nitrogens with one attached hydrogen (secondary N) is 1.